The van der Waals surface area contributed by atoms with E-state index in [1.54, 1.807) is 26.8 Å². The first-order chi connectivity index (χ1) is 14.1. The summed E-state index contributed by atoms with van der Waals surface area (Å²) in [7, 11) is 0. The van der Waals surface area contributed by atoms with Gasteiger partial charge in [-0.3, -0.25) is 9.59 Å². The van der Waals surface area contributed by atoms with Crippen molar-refractivity contribution in [3.8, 4) is 0 Å². The predicted molar refractivity (Wildman–Crippen MR) is 104 cm³/mol. The van der Waals surface area contributed by atoms with Crippen LogP contribution in [0.4, 0.5) is 0 Å². The highest BCUT2D eigenvalue weighted by Crippen LogP contribution is 2.49. The number of carbonyl (C=O) groups excluding carboxylic acids is 4. The molecule has 8 heteroatoms. The largest absolute Gasteiger partial charge is 0.461 e. The number of hydrogen-bond acceptors (Lipinski definition) is 8. The van der Waals surface area contributed by atoms with Gasteiger partial charge in [0.1, 0.15) is 24.6 Å². The normalized spacial score (nSPS) is 34.0. The summed E-state index contributed by atoms with van der Waals surface area (Å²) in [4.78, 5) is 49.1. The van der Waals surface area contributed by atoms with E-state index in [9.17, 15) is 19.2 Å². The number of esters is 3. The highest BCUT2D eigenvalue weighted by Gasteiger charge is 2.62. The van der Waals surface area contributed by atoms with Crippen LogP contribution in [0.3, 0.4) is 0 Å². The Morgan fingerprint density at radius 3 is 2.60 bits per heavy atom. The molecule has 3 rings (SSSR count). The van der Waals surface area contributed by atoms with Crippen LogP contribution in [0.15, 0.2) is 22.8 Å². The van der Waals surface area contributed by atoms with E-state index >= 15 is 0 Å². The lowest BCUT2D eigenvalue weighted by Gasteiger charge is -2.27. The van der Waals surface area contributed by atoms with Gasteiger partial charge in [0.15, 0.2) is 6.10 Å². The van der Waals surface area contributed by atoms with E-state index in [1.165, 1.54) is 6.92 Å². The molecule has 1 saturated heterocycles. The molecule has 164 valence electrons. The smallest absolute Gasteiger partial charge is 0.338 e. The second-order valence-electron chi connectivity index (χ2n) is 8.36. The van der Waals surface area contributed by atoms with Crippen LogP contribution in [-0.4, -0.2) is 54.2 Å². The average Bonchev–Trinajstić information content (AvgIpc) is 3.25. The van der Waals surface area contributed by atoms with Gasteiger partial charge in [-0.25, -0.2) is 9.59 Å². The van der Waals surface area contributed by atoms with Gasteiger partial charge < -0.3 is 18.9 Å². The zero-order valence-electron chi connectivity index (χ0n) is 18.0. The number of fused-ring (bicyclic) bond motifs is 3. The molecule has 2 fully saturated rings. The molecule has 2 heterocycles. The summed E-state index contributed by atoms with van der Waals surface area (Å²) < 4.78 is 22.3. The van der Waals surface area contributed by atoms with Crippen LogP contribution in [0, 0.1) is 5.92 Å². The summed E-state index contributed by atoms with van der Waals surface area (Å²) in [6, 6.07) is 0. The number of Topliss-reactive ketones (excluding diaryl/α,β-unsaturated/α-hetero) is 1. The van der Waals surface area contributed by atoms with Gasteiger partial charge >= 0.3 is 17.9 Å². The third kappa shape index (κ3) is 4.33. The summed E-state index contributed by atoms with van der Waals surface area (Å²) in [5.41, 5.74) is 0.369. The number of ether oxygens (including phenoxy) is 4. The quantitative estimate of drug-likeness (QED) is 0.295. The second-order valence-corrected chi connectivity index (χ2v) is 8.36. The van der Waals surface area contributed by atoms with Crippen molar-refractivity contribution >= 4 is 23.7 Å². The zero-order valence-corrected chi connectivity index (χ0v) is 18.0. The SMILES string of the molecule is C/C=C(\C)C(=O)OC1C[C@@H](C)C(=O)CC[C@@]2(C)O[C@H]2[C@H]2OC(=O)C(COC(C)=O)=C12. The van der Waals surface area contributed by atoms with Crippen molar-refractivity contribution in [1.82, 2.24) is 0 Å². The van der Waals surface area contributed by atoms with E-state index in [-0.39, 0.29) is 24.4 Å². The molecule has 0 aromatic carbocycles. The Morgan fingerprint density at radius 2 is 1.97 bits per heavy atom. The van der Waals surface area contributed by atoms with Crippen molar-refractivity contribution in [3.63, 3.8) is 0 Å². The summed E-state index contributed by atoms with van der Waals surface area (Å²) in [6.45, 7) is 7.95. The Kier molecular flexibility index (Phi) is 6.17. The third-order valence-electron chi connectivity index (χ3n) is 6.11. The van der Waals surface area contributed by atoms with Crippen LogP contribution in [0.5, 0.6) is 0 Å². The Morgan fingerprint density at radius 1 is 1.27 bits per heavy atom. The highest BCUT2D eigenvalue weighted by atomic mass is 16.6. The average molecular weight is 420 g/mol. The molecule has 0 aromatic rings. The fourth-order valence-electron chi connectivity index (χ4n) is 3.95. The summed E-state index contributed by atoms with van der Waals surface area (Å²) >= 11 is 0. The maximum atomic E-state index is 12.6. The zero-order chi connectivity index (χ0) is 22.2. The minimum atomic E-state index is -0.875. The van der Waals surface area contributed by atoms with E-state index in [0.717, 1.165) is 0 Å². The maximum absolute atomic E-state index is 12.6. The third-order valence-corrected chi connectivity index (χ3v) is 6.11. The van der Waals surface area contributed by atoms with E-state index in [1.807, 2.05) is 6.92 Å². The number of hydrogen-bond donors (Lipinski definition) is 0. The molecule has 3 aliphatic rings. The van der Waals surface area contributed by atoms with Gasteiger partial charge in [0.25, 0.3) is 0 Å². The van der Waals surface area contributed by atoms with Crippen molar-refractivity contribution in [2.45, 2.75) is 77.8 Å². The van der Waals surface area contributed by atoms with Crippen molar-refractivity contribution in [3.05, 3.63) is 22.8 Å². The van der Waals surface area contributed by atoms with Gasteiger partial charge in [-0.2, -0.15) is 0 Å². The number of carbonyl (C=O) groups is 4. The fourth-order valence-corrected chi connectivity index (χ4v) is 3.95. The van der Waals surface area contributed by atoms with Crippen LogP contribution in [0.2, 0.25) is 0 Å². The number of ketones is 1. The summed E-state index contributed by atoms with van der Waals surface area (Å²) in [5, 5.41) is 0. The van der Waals surface area contributed by atoms with Gasteiger partial charge in [-0.05, 0) is 33.6 Å². The van der Waals surface area contributed by atoms with E-state index < -0.39 is 47.7 Å². The van der Waals surface area contributed by atoms with Crippen LogP contribution in [0.1, 0.15) is 53.9 Å². The molecule has 1 unspecified atom stereocenters. The minimum absolute atomic E-state index is 0.0418. The summed E-state index contributed by atoms with van der Waals surface area (Å²) in [6.07, 6.45) is 0.609. The van der Waals surface area contributed by atoms with E-state index in [4.69, 9.17) is 18.9 Å². The van der Waals surface area contributed by atoms with Crippen LogP contribution in [-0.2, 0) is 38.1 Å². The van der Waals surface area contributed by atoms with Crippen LogP contribution < -0.4 is 0 Å². The lowest BCUT2D eigenvalue weighted by atomic mass is 9.83. The van der Waals surface area contributed by atoms with Crippen LogP contribution >= 0.6 is 0 Å². The Labute approximate surface area is 175 Å². The van der Waals surface area contributed by atoms with Gasteiger partial charge in [0.2, 0.25) is 0 Å². The fraction of sp³-hybridized carbons (Fsp3) is 0.636. The molecule has 8 nitrogen and oxygen atoms in total. The molecule has 2 aliphatic heterocycles. The molecule has 30 heavy (non-hydrogen) atoms. The van der Waals surface area contributed by atoms with Gasteiger partial charge in [0.05, 0.1) is 11.2 Å². The molecule has 5 atom stereocenters. The lowest BCUT2D eigenvalue weighted by molar-refractivity contribution is -0.145. The summed E-state index contributed by atoms with van der Waals surface area (Å²) in [5.74, 6) is -2.08. The first kappa shape index (κ1) is 22.2. The first-order valence-electron chi connectivity index (χ1n) is 10.2. The molecule has 0 aromatic heterocycles. The maximum Gasteiger partial charge on any atom is 0.338 e. The van der Waals surface area contributed by atoms with E-state index in [0.29, 0.717) is 24.0 Å². The van der Waals surface area contributed by atoms with Crippen molar-refractivity contribution in [2.75, 3.05) is 6.61 Å². The monoisotopic (exact) mass is 420 g/mol. The van der Waals surface area contributed by atoms with Gasteiger partial charge in [-0.1, -0.05) is 13.0 Å². The predicted octanol–water partition coefficient (Wildman–Crippen LogP) is 2.20. The van der Waals surface area contributed by atoms with Gasteiger partial charge in [0, 0.05) is 30.4 Å². The molecule has 0 amide bonds. The molecular weight excluding hydrogens is 392 g/mol. The Balaban J connectivity index is 2.05. The van der Waals surface area contributed by atoms with Crippen LogP contribution in [0.25, 0.3) is 0 Å². The molecule has 0 bridgehead atoms. The van der Waals surface area contributed by atoms with E-state index in [2.05, 4.69) is 0 Å². The second kappa shape index (κ2) is 8.34. The minimum Gasteiger partial charge on any atom is -0.461 e. The van der Waals surface area contributed by atoms with Gasteiger partial charge in [-0.15, -0.1) is 0 Å². The van der Waals surface area contributed by atoms with Crippen molar-refractivity contribution in [1.29, 1.82) is 0 Å². The first-order valence-corrected chi connectivity index (χ1v) is 10.2. The number of rotatable bonds is 4. The number of allylic oxidation sites excluding steroid dienone is 1. The standard InChI is InChI=1S/C22H28O8/c1-6-11(2)20(25)28-16-9-12(3)15(24)7-8-22(5)19(30-22)18-17(16)14(21(26)29-18)10-27-13(4)23/h6,12,16,18-19H,7-10H2,1-5H3/b11-6+/t12-,16?,18+,19+,22-/m1/s1. The molecule has 1 aliphatic carbocycles. The highest BCUT2D eigenvalue weighted by molar-refractivity contribution is 5.94. The molecule has 0 radical (unpaired) electrons. The molecule has 0 spiro atoms. The molecule has 0 N–H and O–H groups in total. The Bertz CT molecular complexity index is 838. The van der Waals surface area contributed by atoms with Crippen molar-refractivity contribution in [2.24, 2.45) is 5.92 Å². The lowest BCUT2D eigenvalue weighted by Crippen LogP contribution is -2.36. The molecule has 1 saturated carbocycles. The van der Waals surface area contributed by atoms with Crippen molar-refractivity contribution < 1.29 is 38.1 Å². The molecular formula is C22H28O8. The topological polar surface area (TPSA) is 109 Å². The number of epoxide rings is 1. The Hall–Kier alpha value is -2.48.